The third kappa shape index (κ3) is 6.89. The normalized spacial score (nSPS) is 20.8. The van der Waals surface area contributed by atoms with Crippen LogP contribution >= 0.6 is 22.9 Å². The SMILES string of the molecule is CC(C)(C)OC(=O)N[C@@H]1CC(c2nccs2)CC[C@@H]1NC(=O)C(=O)Nc1ccc(Cl)cn1. The number of nitrogens with zero attached hydrogens (tertiary/aromatic N) is 2. The van der Waals surface area contributed by atoms with Gasteiger partial charge in [-0.3, -0.25) is 9.59 Å². The maximum Gasteiger partial charge on any atom is 0.407 e. The number of anilines is 1. The maximum absolute atomic E-state index is 12.5. The topological polar surface area (TPSA) is 122 Å². The summed E-state index contributed by atoms with van der Waals surface area (Å²) in [6.07, 6.45) is 4.46. The summed E-state index contributed by atoms with van der Waals surface area (Å²) in [7, 11) is 0. The Morgan fingerprint density at radius 1 is 1.09 bits per heavy atom. The van der Waals surface area contributed by atoms with Gasteiger partial charge in [-0.15, -0.1) is 11.3 Å². The highest BCUT2D eigenvalue weighted by atomic mass is 35.5. The van der Waals surface area contributed by atoms with Crippen molar-refractivity contribution in [2.24, 2.45) is 0 Å². The van der Waals surface area contributed by atoms with E-state index >= 15 is 0 Å². The molecule has 2 aromatic rings. The highest BCUT2D eigenvalue weighted by molar-refractivity contribution is 7.09. The Labute approximate surface area is 195 Å². The molecule has 0 radical (unpaired) electrons. The van der Waals surface area contributed by atoms with Gasteiger partial charge in [0, 0.05) is 29.7 Å². The molecule has 11 heteroatoms. The van der Waals surface area contributed by atoms with Gasteiger partial charge in [-0.05, 0) is 52.2 Å². The largest absolute Gasteiger partial charge is 0.444 e. The highest BCUT2D eigenvalue weighted by Gasteiger charge is 2.36. The number of carbonyl (C=O) groups is 3. The lowest BCUT2D eigenvalue weighted by atomic mass is 9.82. The number of rotatable bonds is 4. The van der Waals surface area contributed by atoms with E-state index in [2.05, 4.69) is 25.9 Å². The number of hydrogen-bond acceptors (Lipinski definition) is 7. The van der Waals surface area contributed by atoms with E-state index in [1.54, 1.807) is 44.4 Å². The Kier molecular flexibility index (Phi) is 7.68. The standard InChI is InChI=1S/C21H26ClN5O4S/c1-21(2,3)31-20(30)26-15-10-12(19-23-8-9-32-19)4-6-14(15)25-17(28)18(29)27-16-7-5-13(22)11-24-16/h5,7-9,11-12,14-15H,4,6,10H2,1-3H3,(H,25,28)(H,26,30)(H,24,27,29)/t12?,14-,15+/m0/s1. The first-order chi connectivity index (χ1) is 15.1. The number of halogens is 1. The van der Waals surface area contributed by atoms with Crippen molar-refractivity contribution in [1.29, 1.82) is 0 Å². The molecule has 3 N–H and O–H groups in total. The van der Waals surface area contributed by atoms with Crippen molar-refractivity contribution < 1.29 is 19.1 Å². The quantitative estimate of drug-likeness (QED) is 0.577. The monoisotopic (exact) mass is 479 g/mol. The number of amides is 3. The second kappa shape index (κ2) is 10.3. The number of nitrogens with one attached hydrogen (secondary N) is 3. The highest BCUT2D eigenvalue weighted by Crippen LogP contribution is 2.34. The van der Waals surface area contributed by atoms with Crippen LogP contribution in [0.1, 0.15) is 51.0 Å². The second-order valence-corrected chi connectivity index (χ2v) is 9.89. The zero-order valence-electron chi connectivity index (χ0n) is 18.1. The van der Waals surface area contributed by atoms with Gasteiger partial charge in [0.1, 0.15) is 11.4 Å². The lowest BCUT2D eigenvalue weighted by Crippen LogP contribution is -2.56. The van der Waals surface area contributed by atoms with Crippen LogP contribution in [0.2, 0.25) is 5.02 Å². The Bertz CT molecular complexity index is 946. The third-order valence-electron chi connectivity index (χ3n) is 4.84. The van der Waals surface area contributed by atoms with Crippen LogP contribution in [-0.4, -0.2) is 45.6 Å². The summed E-state index contributed by atoms with van der Waals surface area (Å²) in [5.41, 5.74) is -0.655. The summed E-state index contributed by atoms with van der Waals surface area (Å²) in [5, 5.41) is 11.3. The van der Waals surface area contributed by atoms with E-state index < -0.39 is 35.6 Å². The summed E-state index contributed by atoms with van der Waals surface area (Å²) in [6, 6.07) is 2.20. The fourth-order valence-corrected chi connectivity index (χ4v) is 4.38. The van der Waals surface area contributed by atoms with Crippen LogP contribution in [0.4, 0.5) is 10.6 Å². The van der Waals surface area contributed by atoms with Gasteiger partial charge in [0.25, 0.3) is 0 Å². The van der Waals surface area contributed by atoms with E-state index in [1.165, 1.54) is 12.3 Å². The molecule has 1 aliphatic rings. The minimum atomic E-state index is -0.849. The average molecular weight is 480 g/mol. The Morgan fingerprint density at radius 2 is 1.88 bits per heavy atom. The molecular formula is C21H26ClN5O4S. The van der Waals surface area contributed by atoms with Gasteiger partial charge in [0.2, 0.25) is 0 Å². The molecule has 172 valence electrons. The van der Waals surface area contributed by atoms with Crippen LogP contribution < -0.4 is 16.0 Å². The molecule has 3 rings (SSSR count). The zero-order valence-corrected chi connectivity index (χ0v) is 19.6. The van der Waals surface area contributed by atoms with Crippen LogP contribution in [0.5, 0.6) is 0 Å². The van der Waals surface area contributed by atoms with E-state index in [1.807, 2.05) is 5.38 Å². The van der Waals surface area contributed by atoms with Crippen molar-refractivity contribution in [3.8, 4) is 0 Å². The lowest BCUT2D eigenvalue weighted by molar-refractivity contribution is -0.136. The first kappa shape index (κ1) is 23.9. The molecule has 0 saturated heterocycles. The van der Waals surface area contributed by atoms with Crippen molar-refractivity contribution in [2.45, 2.75) is 63.6 Å². The number of alkyl carbamates (subject to hydrolysis) is 1. The van der Waals surface area contributed by atoms with Crippen LogP contribution in [0, 0.1) is 0 Å². The molecule has 2 heterocycles. The van der Waals surface area contributed by atoms with Crippen LogP contribution in [-0.2, 0) is 14.3 Å². The molecule has 1 aliphatic carbocycles. The number of thiazole rings is 1. The number of aromatic nitrogens is 2. The number of ether oxygens (including phenoxy) is 1. The number of pyridine rings is 1. The first-order valence-electron chi connectivity index (χ1n) is 10.2. The lowest BCUT2D eigenvalue weighted by Gasteiger charge is -2.36. The summed E-state index contributed by atoms with van der Waals surface area (Å²) in [4.78, 5) is 45.6. The first-order valence-corrected chi connectivity index (χ1v) is 11.5. The molecule has 1 unspecified atom stereocenters. The van der Waals surface area contributed by atoms with Gasteiger partial charge in [0.15, 0.2) is 0 Å². The molecular weight excluding hydrogens is 454 g/mol. The van der Waals surface area contributed by atoms with Gasteiger partial charge in [-0.1, -0.05) is 11.6 Å². The van der Waals surface area contributed by atoms with Gasteiger partial charge < -0.3 is 20.7 Å². The third-order valence-corrected chi connectivity index (χ3v) is 6.01. The molecule has 3 amide bonds. The molecule has 3 atom stereocenters. The molecule has 1 fully saturated rings. The van der Waals surface area contributed by atoms with Gasteiger partial charge >= 0.3 is 17.9 Å². The van der Waals surface area contributed by atoms with Crippen LogP contribution in [0.3, 0.4) is 0 Å². The molecule has 0 bridgehead atoms. The smallest absolute Gasteiger partial charge is 0.407 e. The molecule has 1 saturated carbocycles. The van der Waals surface area contributed by atoms with Gasteiger partial charge in [-0.2, -0.15) is 0 Å². The van der Waals surface area contributed by atoms with Crippen LogP contribution in [0.15, 0.2) is 29.9 Å². The molecule has 2 aromatic heterocycles. The molecule has 0 aromatic carbocycles. The summed E-state index contributed by atoms with van der Waals surface area (Å²) in [6.45, 7) is 5.33. The van der Waals surface area contributed by atoms with E-state index in [9.17, 15) is 14.4 Å². The molecule has 32 heavy (non-hydrogen) atoms. The summed E-state index contributed by atoms with van der Waals surface area (Å²) >= 11 is 7.34. The molecule has 0 aliphatic heterocycles. The van der Waals surface area contributed by atoms with Crippen molar-refractivity contribution in [1.82, 2.24) is 20.6 Å². The average Bonchev–Trinajstić information content (AvgIpc) is 3.24. The summed E-state index contributed by atoms with van der Waals surface area (Å²) < 4.78 is 5.38. The van der Waals surface area contributed by atoms with E-state index in [0.717, 1.165) is 11.4 Å². The minimum Gasteiger partial charge on any atom is -0.444 e. The fourth-order valence-electron chi connectivity index (χ4n) is 3.48. The second-order valence-electron chi connectivity index (χ2n) is 8.53. The predicted molar refractivity (Wildman–Crippen MR) is 122 cm³/mol. The minimum absolute atomic E-state index is 0.148. The van der Waals surface area contributed by atoms with Crippen molar-refractivity contribution >= 4 is 46.7 Å². The van der Waals surface area contributed by atoms with Gasteiger partial charge in [-0.25, -0.2) is 14.8 Å². The number of carbonyl (C=O) groups excluding carboxylic acids is 3. The van der Waals surface area contributed by atoms with Crippen molar-refractivity contribution in [2.75, 3.05) is 5.32 Å². The Balaban J connectivity index is 1.66. The van der Waals surface area contributed by atoms with E-state index in [0.29, 0.717) is 17.9 Å². The van der Waals surface area contributed by atoms with Crippen LogP contribution in [0.25, 0.3) is 0 Å². The van der Waals surface area contributed by atoms with Crippen molar-refractivity contribution in [3.05, 3.63) is 39.9 Å². The molecule has 0 spiro atoms. The maximum atomic E-state index is 12.5. The Hall–Kier alpha value is -2.72. The Morgan fingerprint density at radius 3 is 2.50 bits per heavy atom. The van der Waals surface area contributed by atoms with Crippen molar-refractivity contribution in [3.63, 3.8) is 0 Å². The summed E-state index contributed by atoms with van der Waals surface area (Å²) in [5.74, 6) is -1.30. The zero-order chi connectivity index (χ0) is 23.3. The fraction of sp³-hybridized carbons (Fsp3) is 0.476. The number of hydrogen-bond donors (Lipinski definition) is 3. The predicted octanol–water partition coefficient (Wildman–Crippen LogP) is 3.48. The molecule has 9 nitrogen and oxygen atoms in total. The van der Waals surface area contributed by atoms with E-state index in [4.69, 9.17) is 16.3 Å². The van der Waals surface area contributed by atoms with Gasteiger partial charge in [0.05, 0.1) is 16.1 Å². The van der Waals surface area contributed by atoms with E-state index in [-0.39, 0.29) is 11.7 Å².